The van der Waals surface area contributed by atoms with Crippen molar-refractivity contribution in [3.63, 3.8) is 0 Å². The third-order valence-corrected chi connectivity index (χ3v) is 6.25. The Morgan fingerprint density at radius 1 is 1.10 bits per heavy atom. The van der Waals surface area contributed by atoms with E-state index in [9.17, 15) is 13.2 Å². The van der Waals surface area contributed by atoms with Gasteiger partial charge in [0.05, 0.1) is 23.4 Å². The van der Waals surface area contributed by atoms with E-state index >= 15 is 0 Å². The van der Waals surface area contributed by atoms with Crippen molar-refractivity contribution < 1.29 is 17.9 Å². The van der Waals surface area contributed by atoms with Gasteiger partial charge in [0.1, 0.15) is 5.75 Å². The summed E-state index contributed by atoms with van der Waals surface area (Å²) in [7, 11) is -2.45. The highest BCUT2D eigenvalue weighted by atomic mass is 32.2. The maximum atomic E-state index is 12.8. The number of carbonyl (C=O) groups is 1. The van der Waals surface area contributed by atoms with Crippen molar-refractivity contribution in [3.8, 4) is 5.75 Å². The van der Waals surface area contributed by atoms with Gasteiger partial charge >= 0.3 is 0 Å². The molecule has 1 aliphatic rings. The van der Waals surface area contributed by atoms with Gasteiger partial charge in [0, 0.05) is 5.56 Å². The monoisotopic (exact) mass is 441 g/mol. The lowest BCUT2D eigenvalue weighted by Gasteiger charge is -2.29. The molecule has 0 fully saturated rings. The van der Waals surface area contributed by atoms with Crippen LogP contribution in [0, 0.1) is 5.41 Å². The molecule has 0 unspecified atom stereocenters. The van der Waals surface area contributed by atoms with Gasteiger partial charge in [-0.1, -0.05) is 37.6 Å². The number of sulfonamides is 1. The first-order valence-electron chi connectivity index (χ1n) is 9.90. The molecule has 0 saturated heterocycles. The Kier molecular flexibility index (Phi) is 6.50. The van der Waals surface area contributed by atoms with E-state index in [1.807, 2.05) is 13.0 Å². The standard InChI is InChI=1S/C23H27N3O4S/c1-16-12-18(15-23(2,3)14-16)24-25-22(27)17-8-7-9-19(13-17)31(28,29)26-20-10-5-6-11-21(20)30-4/h5-13,26H,14-15H2,1-4H3,(H,25,27)/b24-18-. The molecule has 0 heterocycles. The number of benzene rings is 2. The number of amides is 1. The number of ether oxygens (including phenoxy) is 1. The van der Waals surface area contributed by atoms with Crippen LogP contribution >= 0.6 is 0 Å². The molecule has 7 nitrogen and oxygen atoms in total. The second-order valence-corrected chi connectivity index (χ2v) is 10.1. The normalized spacial score (nSPS) is 17.0. The lowest BCUT2D eigenvalue weighted by Crippen LogP contribution is -2.25. The number of carbonyl (C=O) groups excluding carboxylic acids is 1. The highest BCUT2D eigenvalue weighted by Crippen LogP contribution is 2.33. The summed E-state index contributed by atoms with van der Waals surface area (Å²) in [5.41, 5.74) is 5.14. The second kappa shape index (κ2) is 8.93. The summed E-state index contributed by atoms with van der Waals surface area (Å²) < 4.78 is 33.3. The zero-order chi connectivity index (χ0) is 22.6. The minimum absolute atomic E-state index is 0.0340. The third-order valence-electron chi connectivity index (χ3n) is 4.89. The predicted molar refractivity (Wildman–Crippen MR) is 122 cm³/mol. The maximum Gasteiger partial charge on any atom is 0.271 e. The van der Waals surface area contributed by atoms with Crippen molar-refractivity contribution in [1.82, 2.24) is 5.43 Å². The summed E-state index contributed by atoms with van der Waals surface area (Å²) in [5.74, 6) is -0.0779. The average Bonchev–Trinajstić information content (AvgIpc) is 2.71. The predicted octanol–water partition coefficient (Wildman–Crippen LogP) is 4.35. The quantitative estimate of drug-likeness (QED) is 0.652. The Morgan fingerprint density at radius 3 is 2.55 bits per heavy atom. The molecule has 1 aliphatic carbocycles. The number of hydrazone groups is 1. The molecule has 0 bridgehead atoms. The fourth-order valence-corrected chi connectivity index (χ4v) is 4.81. The average molecular weight is 442 g/mol. The van der Waals surface area contributed by atoms with Crippen molar-refractivity contribution >= 4 is 27.3 Å². The van der Waals surface area contributed by atoms with Crippen LogP contribution < -0.4 is 14.9 Å². The molecular formula is C23H27N3O4S. The number of nitrogens with zero attached hydrogens (tertiary/aromatic N) is 1. The first-order valence-corrected chi connectivity index (χ1v) is 11.4. The van der Waals surface area contributed by atoms with Gasteiger partial charge in [0.15, 0.2) is 0 Å². The van der Waals surface area contributed by atoms with E-state index in [2.05, 4.69) is 29.1 Å². The van der Waals surface area contributed by atoms with Gasteiger partial charge in [-0.3, -0.25) is 9.52 Å². The van der Waals surface area contributed by atoms with Gasteiger partial charge in [-0.15, -0.1) is 0 Å². The number of methoxy groups -OCH3 is 1. The van der Waals surface area contributed by atoms with E-state index in [1.54, 1.807) is 30.3 Å². The van der Waals surface area contributed by atoms with Crippen molar-refractivity contribution in [1.29, 1.82) is 0 Å². The van der Waals surface area contributed by atoms with E-state index in [0.717, 1.165) is 18.6 Å². The third kappa shape index (κ3) is 5.73. The van der Waals surface area contributed by atoms with Crippen LogP contribution in [0.2, 0.25) is 0 Å². The van der Waals surface area contributed by atoms with Crippen molar-refractivity contribution in [2.45, 2.75) is 38.5 Å². The van der Waals surface area contributed by atoms with E-state index in [-0.39, 0.29) is 15.9 Å². The van der Waals surface area contributed by atoms with Crippen LogP contribution in [-0.2, 0) is 10.0 Å². The highest BCUT2D eigenvalue weighted by molar-refractivity contribution is 7.92. The number of para-hydroxylation sites is 2. The molecule has 0 spiro atoms. The van der Waals surface area contributed by atoms with Crippen LogP contribution in [0.15, 0.2) is 70.2 Å². The number of hydrogen-bond acceptors (Lipinski definition) is 5. The molecule has 164 valence electrons. The molecule has 2 N–H and O–H groups in total. The van der Waals surface area contributed by atoms with Crippen molar-refractivity contribution in [2.24, 2.45) is 10.5 Å². The highest BCUT2D eigenvalue weighted by Gasteiger charge is 2.25. The van der Waals surface area contributed by atoms with Crippen LogP contribution in [0.3, 0.4) is 0 Å². The Morgan fingerprint density at radius 2 is 1.84 bits per heavy atom. The lowest BCUT2D eigenvalue weighted by molar-refractivity contribution is 0.0954. The van der Waals surface area contributed by atoms with E-state index in [4.69, 9.17) is 4.74 Å². The van der Waals surface area contributed by atoms with E-state index < -0.39 is 15.9 Å². The minimum Gasteiger partial charge on any atom is -0.495 e. The smallest absolute Gasteiger partial charge is 0.271 e. The van der Waals surface area contributed by atoms with Gasteiger partial charge in [-0.05, 0) is 61.6 Å². The first-order chi connectivity index (χ1) is 14.6. The fourth-order valence-electron chi connectivity index (χ4n) is 3.69. The second-order valence-electron chi connectivity index (χ2n) is 8.39. The van der Waals surface area contributed by atoms with E-state index in [0.29, 0.717) is 11.4 Å². The van der Waals surface area contributed by atoms with Crippen LogP contribution in [0.4, 0.5) is 5.69 Å². The number of anilines is 1. The van der Waals surface area contributed by atoms with Gasteiger partial charge < -0.3 is 4.74 Å². The molecule has 3 rings (SSSR count). The summed E-state index contributed by atoms with van der Waals surface area (Å²) in [4.78, 5) is 12.6. The molecule has 8 heteroatoms. The largest absolute Gasteiger partial charge is 0.495 e. The summed E-state index contributed by atoms with van der Waals surface area (Å²) in [6, 6.07) is 12.5. The molecule has 0 atom stereocenters. The summed E-state index contributed by atoms with van der Waals surface area (Å²) >= 11 is 0. The first kappa shape index (κ1) is 22.6. The van der Waals surface area contributed by atoms with Crippen LogP contribution in [0.1, 0.15) is 44.0 Å². The zero-order valence-electron chi connectivity index (χ0n) is 18.1. The number of allylic oxidation sites excluding steroid dienone is 2. The Bertz CT molecular complexity index is 1150. The number of hydrogen-bond donors (Lipinski definition) is 2. The summed E-state index contributed by atoms with van der Waals surface area (Å²) in [6.45, 7) is 6.36. The molecular weight excluding hydrogens is 414 g/mol. The zero-order valence-corrected chi connectivity index (χ0v) is 18.9. The molecule has 0 saturated carbocycles. The van der Waals surface area contributed by atoms with Gasteiger partial charge in [0.2, 0.25) is 0 Å². The molecule has 0 aromatic heterocycles. The van der Waals surface area contributed by atoms with Crippen LogP contribution in [-0.4, -0.2) is 27.1 Å². The molecule has 31 heavy (non-hydrogen) atoms. The number of nitrogens with one attached hydrogen (secondary N) is 2. The summed E-state index contributed by atoms with van der Waals surface area (Å²) in [5, 5.41) is 4.25. The van der Waals surface area contributed by atoms with E-state index in [1.165, 1.54) is 30.9 Å². The Labute approximate surface area is 183 Å². The molecule has 2 aromatic rings. The molecule has 0 radical (unpaired) electrons. The van der Waals surface area contributed by atoms with Crippen molar-refractivity contribution in [3.05, 3.63) is 65.7 Å². The lowest BCUT2D eigenvalue weighted by atomic mass is 9.77. The van der Waals surface area contributed by atoms with Crippen LogP contribution in [0.25, 0.3) is 0 Å². The topological polar surface area (TPSA) is 96.9 Å². The van der Waals surface area contributed by atoms with Crippen LogP contribution in [0.5, 0.6) is 5.75 Å². The number of rotatable bonds is 6. The molecule has 0 aliphatic heterocycles. The van der Waals surface area contributed by atoms with Gasteiger partial charge in [-0.2, -0.15) is 5.10 Å². The van der Waals surface area contributed by atoms with Crippen molar-refractivity contribution in [2.75, 3.05) is 11.8 Å². The van der Waals surface area contributed by atoms with Gasteiger partial charge in [0.25, 0.3) is 15.9 Å². The molecule has 1 amide bonds. The fraction of sp³-hybridized carbons (Fsp3) is 0.304. The Hall–Kier alpha value is -3.13. The minimum atomic E-state index is -3.92. The Balaban J connectivity index is 1.78. The summed E-state index contributed by atoms with van der Waals surface area (Å²) in [6.07, 6.45) is 3.71. The van der Waals surface area contributed by atoms with Gasteiger partial charge in [-0.25, -0.2) is 13.8 Å². The maximum absolute atomic E-state index is 12.8. The molecule has 2 aromatic carbocycles. The SMILES string of the molecule is COc1ccccc1NS(=O)(=O)c1cccc(C(=O)N/N=C2/C=C(C)CC(C)(C)C2)c1.